The largest absolute Gasteiger partial charge is 0.385 e. The molecule has 3 N–H and O–H groups in total. The number of nitrogens with zero attached hydrogens (tertiary/aromatic N) is 1. The number of benzene rings is 1. The fourth-order valence-corrected chi connectivity index (χ4v) is 1.64. The van der Waals surface area contributed by atoms with Crippen molar-refractivity contribution in [3.8, 4) is 0 Å². The van der Waals surface area contributed by atoms with Gasteiger partial charge in [-0.15, -0.1) is 0 Å². The van der Waals surface area contributed by atoms with Crippen molar-refractivity contribution in [1.29, 1.82) is 0 Å². The van der Waals surface area contributed by atoms with Gasteiger partial charge in [-0.2, -0.15) is 0 Å². The molecule has 0 aliphatic heterocycles. The van der Waals surface area contributed by atoms with Crippen molar-refractivity contribution in [2.45, 2.75) is 32.7 Å². The molecule has 1 aromatic rings. The predicted octanol–water partition coefficient (Wildman–Crippen LogP) is 2.60. The molecule has 0 unspecified atom stereocenters. The maximum Gasteiger partial charge on any atom is 0.0371 e. The van der Waals surface area contributed by atoms with Crippen LogP contribution < -0.4 is 16.0 Å². The van der Waals surface area contributed by atoms with E-state index in [1.54, 1.807) is 0 Å². The van der Waals surface area contributed by atoms with Crippen molar-refractivity contribution in [2.24, 2.45) is 5.73 Å². The third kappa shape index (κ3) is 4.65. The van der Waals surface area contributed by atoms with E-state index in [0.717, 1.165) is 13.0 Å². The molecule has 3 heteroatoms. The van der Waals surface area contributed by atoms with Gasteiger partial charge in [0.25, 0.3) is 0 Å². The lowest BCUT2D eigenvalue weighted by atomic mass is 10.0. The first-order valence-corrected chi connectivity index (χ1v) is 6.10. The maximum absolute atomic E-state index is 5.95. The van der Waals surface area contributed by atoms with Crippen molar-refractivity contribution in [1.82, 2.24) is 0 Å². The molecule has 0 heterocycles. The molecule has 0 saturated heterocycles. The van der Waals surface area contributed by atoms with Crippen molar-refractivity contribution in [3.05, 3.63) is 23.8 Å². The number of hydrogen-bond acceptors (Lipinski definition) is 3. The first-order valence-electron chi connectivity index (χ1n) is 6.10. The maximum atomic E-state index is 5.95. The van der Waals surface area contributed by atoms with Gasteiger partial charge in [-0.05, 0) is 51.0 Å². The molecule has 0 aliphatic rings. The Morgan fingerprint density at radius 3 is 2.41 bits per heavy atom. The highest BCUT2D eigenvalue weighted by Crippen LogP contribution is 2.21. The molecule has 0 aromatic heterocycles. The fraction of sp³-hybridized carbons (Fsp3) is 0.571. The second-order valence-electron chi connectivity index (χ2n) is 5.56. The summed E-state index contributed by atoms with van der Waals surface area (Å²) in [6.45, 7) is 7.14. The smallest absolute Gasteiger partial charge is 0.0371 e. The van der Waals surface area contributed by atoms with Crippen molar-refractivity contribution < 1.29 is 0 Å². The zero-order chi connectivity index (χ0) is 13.1. The summed E-state index contributed by atoms with van der Waals surface area (Å²) in [6, 6.07) is 6.45. The average Bonchev–Trinajstić information content (AvgIpc) is 2.18. The minimum Gasteiger partial charge on any atom is -0.385 e. The van der Waals surface area contributed by atoms with Gasteiger partial charge in [0, 0.05) is 37.6 Å². The Bertz CT molecular complexity index is 364. The van der Waals surface area contributed by atoms with Crippen LogP contribution in [0.5, 0.6) is 0 Å². The number of nitrogens with two attached hydrogens (primary N) is 1. The number of nitrogens with one attached hydrogen (secondary N) is 1. The van der Waals surface area contributed by atoms with Gasteiger partial charge < -0.3 is 16.0 Å². The third-order valence-corrected chi connectivity index (χ3v) is 2.81. The number of rotatable bonds is 5. The predicted molar refractivity (Wildman–Crippen MR) is 76.9 cm³/mol. The molecule has 3 nitrogen and oxygen atoms in total. The molecular formula is C14H25N3. The Hall–Kier alpha value is -1.22. The second kappa shape index (κ2) is 5.41. The zero-order valence-electron chi connectivity index (χ0n) is 11.7. The molecule has 0 saturated carbocycles. The molecule has 1 rings (SSSR count). The molecule has 0 spiro atoms. The van der Waals surface area contributed by atoms with Gasteiger partial charge in [-0.3, -0.25) is 0 Å². The van der Waals surface area contributed by atoms with Gasteiger partial charge >= 0.3 is 0 Å². The summed E-state index contributed by atoms with van der Waals surface area (Å²) in [5.74, 6) is 0. The van der Waals surface area contributed by atoms with Crippen LogP contribution >= 0.6 is 0 Å². The highest BCUT2D eigenvalue weighted by atomic mass is 15.1. The van der Waals surface area contributed by atoms with Crippen LogP contribution in [0.4, 0.5) is 11.4 Å². The quantitative estimate of drug-likeness (QED) is 0.824. The van der Waals surface area contributed by atoms with Crippen LogP contribution in [0.2, 0.25) is 0 Å². The monoisotopic (exact) mass is 235 g/mol. The molecule has 17 heavy (non-hydrogen) atoms. The van der Waals surface area contributed by atoms with E-state index < -0.39 is 0 Å². The van der Waals surface area contributed by atoms with E-state index in [0.29, 0.717) is 0 Å². The van der Waals surface area contributed by atoms with Gasteiger partial charge in [-0.25, -0.2) is 0 Å². The van der Waals surface area contributed by atoms with Crippen LogP contribution in [0.3, 0.4) is 0 Å². The summed E-state index contributed by atoms with van der Waals surface area (Å²) in [5.41, 5.74) is 9.54. The summed E-state index contributed by atoms with van der Waals surface area (Å²) in [6.07, 6.45) is 0.960. The molecule has 0 aliphatic carbocycles. The Morgan fingerprint density at radius 2 is 1.94 bits per heavy atom. The highest BCUT2D eigenvalue weighted by molar-refractivity contribution is 5.59. The summed E-state index contributed by atoms with van der Waals surface area (Å²) >= 11 is 0. The van der Waals surface area contributed by atoms with E-state index in [1.165, 1.54) is 16.9 Å². The van der Waals surface area contributed by atoms with Gasteiger partial charge in [-0.1, -0.05) is 0 Å². The minimum atomic E-state index is -0.107. The topological polar surface area (TPSA) is 41.3 Å². The van der Waals surface area contributed by atoms with Crippen molar-refractivity contribution >= 4 is 11.4 Å². The van der Waals surface area contributed by atoms with Crippen molar-refractivity contribution in [3.63, 3.8) is 0 Å². The van der Waals surface area contributed by atoms with Crippen LogP contribution in [0.1, 0.15) is 25.8 Å². The molecule has 0 bridgehead atoms. The fourth-order valence-electron chi connectivity index (χ4n) is 1.64. The van der Waals surface area contributed by atoms with Gasteiger partial charge in [0.05, 0.1) is 0 Å². The molecular weight excluding hydrogens is 210 g/mol. The van der Waals surface area contributed by atoms with E-state index in [-0.39, 0.29) is 5.54 Å². The highest BCUT2D eigenvalue weighted by Gasteiger charge is 2.09. The lowest BCUT2D eigenvalue weighted by Gasteiger charge is -2.20. The lowest BCUT2D eigenvalue weighted by molar-refractivity contribution is 0.491. The lowest BCUT2D eigenvalue weighted by Crippen LogP contribution is -2.34. The van der Waals surface area contributed by atoms with Gasteiger partial charge in [0.15, 0.2) is 0 Å². The number of aryl methyl sites for hydroxylation is 1. The summed E-state index contributed by atoms with van der Waals surface area (Å²) < 4.78 is 0. The normalized spacial score (nSPS) is 11.4. The van der Waals surface area contributed by atoms with E-state index in [2.05, 4.69) is 63.3 Å². The summed E-state index contributed by atoms with van der Waals surface area (Å²) in [5, 5.41) is 3.44. The van der Waals surface area contributed by atoms with E-state index in [9.17, 15) is 0 Å². The van der Waals surface area contributed by atoms with E-state index >= 15 is 0 Å². The SMILES string of the molecule is Cc1cc(N(C)C)ccc1NCCC(C)(C)N. The first kappa shape index (κ1) is 13.8. The zero-order valence-corrected chi connectivity index (χ0v) is 11.7. The molecule has 1 aromatic carbocycles. The Kier molecular flexibility index (Phi) is 4.40. The number of hydrogen-bond donors (Lipinski definition) is 2. The molecule has 96 valence electrons. The van der Waals surface area contributed by atoms with Crippen molar-refractivity contribution in [2.75, 3.05) is 30.9 Å². The average molecular weight is 235 g/mol. The Morgan fingerprint density at radius 1 is 1.29 bits per heavy atom. The molecule has 0 amide bonds. The van der Waals surface area contributed by atoms with Crippen LogP contribution in [0.25, 0.3) is 0 Å². The van der Waals surface area contributed by atoms with Gasteiger partial charge in [0.1, 0.15) is 0 Å². The van der Waals surface area contributed by atoms with Gasteiger partial charge in [0.2, 0.25) is 0 Å². The van der Waals surface area contributed by atoms with Crippen LogP contribution in [-0.4, -0.2) is 26.2 Å². The van der Waals surface area contributed by atoms with Crippen LogP contribution in [0.15, 0.2) is 18.2 Å². The van der Waals surface area contributed by atoms with Crippen LogP contribution in [-0.2, 0) is 0 Å². The Labute approximate surface area is 105 Å². The molecule has 0 fully saturated rings. The summed E-state index contributed by atoms with van der Waals surface area (Å²) in [7, 11) is 4.11. The molecule has 0 atom stereocenters. The second-order valence-corrected chi connectivity index (χ2v) is 5.56. The summed E-state index contributed by atoms with van der Waals surface area (Å²) in [4.78, 5) is 2.11. The first-order chi connectivity index (χ1) is 7.79. The molecule has 0 radical (unpaired) electrons. The number of anilines is 2. The van der Waals surface area contributed by atoms with E-state index in [4.69, 9.17) is 5.73 Å². The standard InChI is InChI=1S/C14H25N3/c1-11-10-12(17(4)5)6-7-13(11)16-9-8-14(2,3)15/h6-7,10,16H,8-9,15H2,1-5H3. The third-order valence-electron chi connectivity index (χ3n) is 2.81. The van der Waals surface area contributed by atoms with Crippen LogP contribution in [0, 0.1) is 6.92 Å². The Balaban J connectivity index is 2.61. The van der Waals surface area contributed by atoms with E-state index in [1.807, 2.05) is 0 Å². The minimum absolute atomic E-state index is 0.107.